The van der Waals surface area contributed by atoms with E-state index in [2.05, 4.69) is 13.8 Å². The van der Waals surface area contributed by atoms with Crippen LogP contribution in [0.4, 0.5) is 0 Å². The Morgan fingerprint density at radius 1 is 1.04 bits per heavy atom. The molecular formula is C19H20Cl2O3. The van der Waals surface area contributed by atoms with Crippen LogP contribution in [-0.4, -0.2) is 13.7 Å². The largest absolute Gasteiger partial charge is 0.497 e. The molecule has 0 aliphatic rings. The Labute approximate surface area is 152 Å². The minimum absolute atomic E-state index is 0.194. The van der Waals surface area contributed by atoms with Crippen molar-refractivity contribution in [2.45, 2.75) is 19.8 Å². The zero-order chi connectivity index (χ0) is 17.5. The predicted octanol–water partition coefficient (Wildman–Crippen LogP) is 6.31. The Hall–Kier alpha value is -1.84. The fourth-order valence-corrected chi connectivity index (χ4v) is 2.29. The number of rotatable bonds is 7. The molecule has 0 aliphatic heterocycles. The van der Waals surface area contributed by atoms with Gasteiger partial charge in [0.2, 0.25) is 0 Å². The van der Waals surface area contributed by atoms with Crippen molar-refractivity contribution < 1.29 is 14.2 Å². The number of hydrogen-bond acceptors (Lipinski definition) is 3. The second kappa shape index (κ2) is 8.86. The minimum Gasteiger partial charge on any atom is -0.497 e. The molecule has 0 spiro atoms. The Morgan fingerprint density at radius 3 is 2.42 bits per heavy atom. The molecule has 24 heavy (non-hydrogen) atoms. The van der Waals surface area contributed by atoms with E-state index in [1.54, 1.807) is 13.2 Å². The Kier molecular flexibility index (Phi) is 6.83. The lowest BCUT2D eigenvalue weighted by Gasteiger charge is -2.15. The molecule has 0 atom stereocenters. The fourth-order valence-electron chi connectivity index (χ4n) is 2.17. The molecule has 0 unspecified atom stereocenters. The lowest BCUT2D eigenvalue weighted by molar-refractivity contribution is 0.356. The topological polar surface area (TPSA) is 27.7 Å². The summed E-state index contributed by atoms with van der Waals surface area (Å²) in [4.78, 5) is 0. The van der Waals surface area contributed by atoms with Gasteiger partial charge in [-0.2, -0.15) is 0 Å². The Bertz CT molecular complexity index is 708. The summed E-state index contributed by atoms with van der Waals surface area (Å²) in [6.07, 6.45) is 1.61. The molecule has 0 bridgehead atoms. The van der Waals surface area contributed by atoms with Gasteiger partial charge >= 0.3 is 0 Å². The molecule has 2 rings (SSSR count). The van der Waals surface area contributed by atoms with Crippen LogP contribution in [0.2, 0.25) is 0 Å². The van der Waals surface area contributed by atoms with Gasteiger partial charge in [0.1, 0.15) is 34.1 Å². The molecule has 0 amide bonds. The van der Waals surface area contributed by atoms with E-state index >= 15 is 0 Å². The van der Waals surface area contributed by atoms with Crippen molar-refractivity contribution in [3.05, 3.63) is 58.6 Å². The first kappa shape index (κ1) is 18.5. The first-order valence-electron chi connectivity index (χ1n) is 7.59. The molecule has 0 heterocycles. The molecule has 2 aromatic rings. The summed E-state index contributed by atoms with van der Waals surface area (Å²) in [6, 6.07) is 13.2. The van der Waals surface area contributed by atoms with Crippen molar-refractivity contribution in [1.29, 1.82) is 0 Å². The number of methoxy groups -OCH3 is 1. The normalized spacial score (nSPS) is 10.4. The number of hydrogen-bond donors (Lipinski definition) is 0. The quantitative estimate of drug-likeness (QED) is 0.574. The lowest BCUT2D eigenvalue weighted by atomic mass is 10.0. The van der Waals surface area contributed by atoms with Gasteiger partial charge in [-0.1, -0.05) is 43.1 Å². The maximum atomic E-state index is 5.92. The monoisotopic (exact) mass is 366 g/mol. The second-order valence-electron chi connectivity index (χ2n) is 5.44. The Morgan fingerprint density at radius 2 is 1.75 bits per heavy atom. The van der Waals surface area contributed by atoms with E-state index in [4.69, 9.17) is 37.4 Å². The molecule has 128 valence electrons. The van der Waals surface area contributed by atoms with Crippen LogP contribution in [-0.2, 0) is 0 Å². The summed E-state index contributed by atoms with van der Waals surface area (Å²) >= 11 is 11.2. The fraction of sp³-hybridized carbons (Fsp3) is 0.263. The average molecular weight is 367 g/mol. The SMILES string of the molecule is COc1cccc(Oc2ccc(OCC=C(Cl)Cl)c(C(C)C)c2)c1. The van der Waals surface area contributed by atoms with Crippen LogP contribution in [0.15, 0.2) is 53.0 Å². The highest BCUT2D eigenvalue weighted by atomic mass is 35.5. The lowest BCUT2D eigenvalue weighted by Crippen LogP contribution is -2.00. The summed E-state index contributed by atoms with van der Waals surface area (Å²) in [5, 5.41) is 0. The van der Waals surface area contributed by atoms with Crippen LogP contribution in [0.3, 0.4) is 0 Å². The smallest absolute Gasteiger partial charge is 0.131 e. The van der Waals surface area contributed by atoms with E-state index in [1.165, 1.54) is 0 Å². The van der Waals surface area contributed by atoms with Gasteiger partial charge in [0, 0.05) is 11.6 Å². The zero-order valence-corrected chi connectivity index (χ0v) is 15.4. The maximum Gasteiger partial charge on any atom is 0.131 e. The molecule has 0 N–H and O–H groups in total. The Balaban J connectivity index is 2.19. The van der Waals surface area contributed by atoms with Gasteiger partial charge in [0.05, 0.1) is 7.11 Å². The highest BCUT2D eigenvalue weighted by Gasteiger charge is 2.10. The van der Waals surface area contributed by atoms with E-state index in [0.717, 1.165) is 28.6 Å². The van der Waals surface area contributed by atoms with Crippen LogP contribution >= 0.6 is 23.2 Å². The van der Waals surface area contributed by atoms with Gasteiger partial charge in [-0.3, -0.25) is 0 Å². The average Bonchev–Trinajstić information content (AvgIpc) is 2.55. The third kappa shape index (κ3) is 5.36. The zero-order valence-electron chi connectivity index (χ0n) is 13.9. The van der Waals surface area contributed by atoms with Crippen LogP contribution in [0.5, 0.6) is 23.0 Å². The molecule has 2 aromatic carbocycles. The van der Waals surface area contributed by atoms with Crippen molar-refractivity contribution in [1.82, 2.24) is 0 Å². The number of halogens is 2. The third-order valence-corrected chi connectivity index (χ3v) is 3.67. The van der Waals surface area contributed by atoms with Crippen molar-refractivity contribution in [3.8, 4) is 23.0 Å². The molecule has 0 saturated heterocycles. The van der Waals surface area contributed by atoms with E-state index in [1.807, 2.05) is 42.5 Å². The number of ether oxygens (including phenoxy) is 3. The highest BCUT2D eigenvalue weighted by molar-refractivity contribution is 6.55. The van der Waals surface area contributed by atoms with Crippen LogP contribution < -0.4 is 14.2 Å². The van der Waals surface area contributed by atoms with E-state index < -0.39 is 0 Å². The third-order valence-electron chi connectivity index (χ3n) is 3.36. The van der Waals surface area contributed by atoms with Gasteiger partial charge in [0.15, 0.2) is 0 Å². The van der Waals surface area contributed by atoms with Crippen molar-refractivity contribution in [2.75, 3.05) is 13.7 Å². The van der Waals surface area contributed by atoms with Gasteiger partial charge < -0.3 is 14.2 Å². The molecule has 3 nitrogen and oxygen atoms in total. The molecule has 5 heteroatoms. The van der Waals surface area contributed by atoms with Gasteiger partial charge in [-0.25, -0.2) is 0 Å². The standard InChI is InChI=1S/C19H20Cl2O3/c1-13(2)17-12-16(7-8-18(17)23-10-9-19(20)21)24-15-6-4-5-14(11-15)22-3/h4-9,11-13H,10H2,1-3H3. The maximum absolute atomic E-state index is 5.92. The molecule has 0 fully saturated rings. The first-order valence-corrected chi connectivity index (χ1v) is 8.35. The molecule has 0 radical (unpaired) electrons. The van der Waals surface area contributed by atoms with Crippen molar-refractivity contribution >= 4 is 23.2 Å². The van der Waals surface area contributed by atoms with Crippen molar-refractivity contribution in [3.63, 3.8) is 0 Å². The molecule has 0 aromatic heterocycles. The summed E-state index contributed by atoms with van der Waals surface area (Å²) in [7, 11) is 1.63. The highest BCUT2D eigenvalue weighted by Crippen LogP contribution is 2.33. The van der Waals surface area contributed by atoms with Gasteiger partial charge in [-0.05, 0) is 42.3 Å². The van der Waals surface area contributed by atoms with Crippen molar-refractivity contribution in [2.24, 2.45) is 0 Å². The van der Waals surface area contributed by atoms with Crippen LogP contribution in [0.25, 0.3) is 0 Å². The summed E-state index contributed by atoms with van der Waals surface area (Å²) in [5.41, 5.74) is 1.05. The second-order valence-corrected chi connectivity index (χ2v) is 6.45. The van der Waals surface area contributed by atoms with E-state index in [-0.39, 0.29) is 10.4 Å². The summed E-state index contributed by atoms with van der Waals surface area (Å²) in [5.74, 6) is 3.28. The summed E-state index contributed by atoms with van der Waals surface area (Å²) < 4.78 is 17.1. The van der Waals surface area contributed by atoms with E-state index in [9.17, 15) is 0 Å². The predicted molar refractivity (Wildman–Crippen MR) is 98.9 cm³/mol. The van der Waals surface area contributed by atoms with E-state index in [0.29, 0.717) is 6.61 Å². The van der Waals surface area contributed by atoms with Crippen LogP contribution in [0, 0.1) is 0 Å². The molecular weight excluding hydrogens is 347 g/mol. The summed E-state index contributed by atoms with van der Waals surface area (Å²) in [6.45, 7) is 4.52. The van der Waals surface area contributed by atoms with Gasteiger partial charge in [0.25, 0.3) is 0 Å². The first-order chi connectivity index (χ1) is 11.5. The molecule has 0 aliphatic carbocycles. The van der Waals surface area contributed by atoms with Gasteiger partial charge in [-0.15, -0.1) is 0 Å². The minimum atomic E-state index is 0.194. The molecule has 0 saturated carbocycles. The number of benzene rings is 2. The van der Waals surface area contributed by atoms with Crippen LogP contribution in [0.1, 0.15) is 25.3 Å².